The van der Waals surface area contributed by atoms with Gasteiger partial charge in [0, 0.05) is 30.3 Å². The first kappa shape index (κ1) is 21.3. The molecule has 1 rings (SSSR count). The number of esters is 1. The van der Waals surface area contributed by atoms with E-state index in [1.807, 2.05) is 0 Å². The second kappa shape index (κ2) is 10.9. The van der Waals surface area contributed by atoms with E-state index in [0.717, 1.165) is 19.6 Å². The molecular weight excluding hydrogens is 342 g/mol. The Bertz CT molecular complexity index is 547. The smallest absolute Gasteiger partial charge is 0.321 e. The van der Waals surface area contributed by atoms with Gasteiger partial charge in [-0.2, -0.15) is 0 Å². The van der Waals surface area contributed by atoms with Gasteiger partial charge in [-0.15, -0.1) is 0 Å². The van der Waals surface area contributed by atoms with Crippen LogP contribution in [0.5, 0.6) is 0 Å². The third-order valence-corrected chi connectivity index (χ3v) is 4.31. The van der Waals surface area contributed by atoms with Crippen molar-refractivity contribution in [2.24, 2.45) is 5.92 Å². The van der Waals surface area contributed by atoms with Crippen LogP contribution in [0.15, 0.2) is 24.3 Å². The average Bonchev–Trinajstić information content (AvgIpc) is 2.62. The lowest BCUT2D eigenvalue weighted by Crippen LogP contribution is -2.44. The Balaban J connectivity index is 2.78. The van der Waals surface area contributed by atoms with Crippen LogP contribution in [0, 0.1) is 5.92 Å². The minimum atomic E-state index is -0.391. The van der Waals surface area contributed by atoms with Crippen LogP contribution in [0.3, 0.4) is 0 Å². The number of methoxy groups -OCH3 is 1. The van der Waals surface area contributed by atoms with E-state index in [0.29, 0.717) is 23.8 Å². The molecule has 1 unspecified atom stereocenters. The minimum absolute atomic E-state index is 0.245. The standard InChI is InChI=1S/C18H28ClN3O3/c1-5-21(6-2)11-12-22(13-14(3)17(23)25-4)18(24)20-16-9-7-15(19)8-10-16/h7-10,14H,5-6,11-13H2,1-4H3,(H,20,24). The molecule has 1 aromatic carbocycles. The largest absolute Gasteiger partial charge is 0.469 e. The number of rotatable bonds is 9. The summed E-state index contributed by atoms with van der Waals surface area (Å²) in [7, 11) is 1.35. The molecule has 0 spiro atoms. The maximum Gasteiger partial charge on any atom is 0.321 e. The van der Waals surface area contributed by atoms with Gasteiger partial charge in [-0.05, 0) is 37.4 Å². The molecule has 0 aliphatic rings. The number of ether oxygens (including phenoxy) is 1. The van der Waals surface area contributed by atoms with Crippen molar-refractivity contribution in [2.45, 2.75) is 20.8 Å². The zero-order valence-electron chi connectivity index (χ0n) is 15.4. The molecule has 1 N–H and O–H groups in total. The molecule has 7 heteroatoms. The third-order valence-electron chi connectivity index (χ3n) is 4.06. The average molecular weight is 370 g/mol. The number of nitrogens with zero attached hydrogens (tertiary/aromatic N) is 2. The molecule has 0 aromatic heterocycles. The topological polar surface area (TPSA) is 61.9 Å². The Morgan fingerprint density at radius 2 is 1.76 bits per heavy atom. The summed E-state index contributed by atoms with van der Waals surface area (Å²) in [5.74, 6) is -0.718. The zero-order valence-corrected chi connectivity index (χ0v) is 16.2. The Kier molecular flexibility index (Phi) is 9.31. The number of hydrogen-bond donors (Lipinski definition) is 1. The highest BCUT2D eigenvalue weighted by Crippen LogP contribution is 2.14. The summed E-state index contributed by atoms with van der Waals surface area (Å²) < 4.78 is 4.77. The van der Waals surface area contributed by atoms with Gasteiger partial charge in [-0.1, -0.05) is 32.4 Å². The van der Waals surface area contributed by atoms with Crippen LogP contribution in [-0.2, 0) is 9.53 Å². The first-order chi connectivity index (χ1) is 11.9. The summed E-state index contributed by atoms with van der Waals surface area (Å²) in [5, 5.41) is 3.46. The zero-order chi connectivity index (χ0) is 18.8. The van der Waals surface area contributed by atoms with Crippen LogP contribution in [0.2, 0.25) is 5.02 Å². The summed E-state index contributed by atoms with van der Waals surface area (Å²) in [6.07, 6.45) is 0. The maximum atomic E-state index is 12.6. The second-order valence-corrected chi connectivity index (χ2v) is 6.27. The van der Waals surface area contributed by atoms with E-state index in [2.05, 4.69) is 24.1 Å². The van der Waals surface area contributed by atoms with Crippen molar-refractivity contribution in [2.75, 3.05) is 45.2 Å². The number of anilines is 1. The molecule has 140 valence electrons. The van der Waals surface area contributed by atoms with Gasteiger partial charge in [0.05, 0.1) is 13.0 Å². The van der Waals surface area contributed by atoms with E-state index in [1.165, 1.54) is 7.11 Å². The van der Waals surface area contributed by atoms with Gasteiger partial charge >= 0.3 is 12.0 Å². The quantitative estimate of drug-likeness (QED) is 0.678. The van der Waals surface area contributed by atoms with E-state index < -0.39 is 5.92 Å². The fraction of sp³-hybridized carbons (Fsp3) is 0.556. The van der Waals surface area contributed by atoms with Gasteiger partial charge in [-0.25, -0.2) is 4.79 Å². The number of halogens is 1. The highest BCUT2D eigenvalue weighted by molar-refractivity contribution is 6.30. The number of benzene rings is 1. The van der Waals surface area contributed by atoms with Crippen molar-refractivity contribution in [3.63, 3.8) is 0 Å². The van der Waals surface area contributed by atoms with Gasteiger partial charge in [0.2, 0.25) is 0 Å². The molecule has 25 heavy (non-hydrogen) atoms. The van der Waals surface area contributed by atoms with Crippen LogP contribution < -0.4 is 5.32 Å². The molecular formula is C18H28ClN3O3. The lowest BCUT2D eigenvalue weighted by atomic mass is 10.1. The molecule has 0 saturated carbocycles. The van der Waals surface area contributed by atoms with E-state index in [9.17, 15) is 9.59 Å². The number of urea groups is 1. The molecule has 1 aromatic rings. The lowest BCUT2D eigenvalue weighted by molar-refractivity contribution is -0.145. The van der Waals surface area contributed by atoms with Crippen molar-refractivity contribution >= 4 is 29.3 Å². The van der Waals surface area contributed by atoms with Gasteiger partial charge in [0.15, 0.2) is 0 Å². The second-order valence-electron chi connectivity index (χ2n) is 5.83. The molecule has 0 saturated heterocycles. The predicted molar refractivity (Wildman–Crippen MR) is 101 cm³/mol. The molecule has 0 bridgehead atoms. The first-order valence-electron chi connectivity index (χ1n) is 8.52. The highest BCUT2D eigenvalue weighted by atomic mass is 35.5. The third kappa shape index (κ3) is 7.32. The van der Waals surface area contributed by atoms with Crippen molar-refractivity contribution in [3.05, 3.63) is 29.3 Å². The summed E-state index contributed by atoms with van der Waals surface area (Å²) in [6, 6.07) is 6.67. The molecule has 0 heterocycles. The van der Waals surface area contributed by atoms with E-state index in [1.54, 1.807) is 36.1 Å². The molecule has 1 atom stereocenters. The van der Waals surface area contributed by atoms with E-state index in [4.69, 9.17) is 16.3 Å². The van der Waals surface area contributed by atoms with Crippen molar-refractivity contribution < 1.29 is 14.3 Å². The fourth-order valence-electron chi connectivity index (χ4n) is 2.42. The Morgan fingerprint density at radius 1 is 1.16 bits per heavy atom. The van der Waals surface area contributed by atoms with Crippen molar-refractivity contribution in [3.8, 4) is 0 Å². The van der Waals surface area contributed by atoms with Crippen LogP contribution in [0.1, 0.15) is 20.8 Å². The summed E-state index contributed by atoms with van der Waals surface area (Å²) in [5.41, 5.74) is 0.660. The predicted octanol–water partition coefficient (Wildman–Crippen LogP) is 3.32. The SMILES string of the molecule is CCN(CC)CCN(CC(C)C(=O)OC)C(=O)Nc1ccc(Cl)cc1. The number of carbonyl (C=O) groups is 2. The summed E-state index contributed by atoms with van der Waals surface area (Å²) in [4.78, 5) is 28.2. The van der Waals surface area contributed by atoms with Crippen molar-refractivity contribution in [1.29, 1.82) is 0 Å². The molecule has 0 fully saturated rings. The monoisotopic (exact) mass is 369 g/mol. The minimum Gasteiger partial charge on any atom is -0.469 e. The molecule has 2 amide bonds. The number of carbonyl (C=O) groups excluding carboxylic acids is 2. The number of likely N-dealkylation sites (N-methyl/N-ethyl adjacent to an activating group) is 1. The van der Waals surface area contributed by atoms with Crippen LogP contribution in [0.25, 0.3) is 0 Å². The Morgan fingerprint density at radius 3 is 2.28 bits per heavy atom. The van der Waals surface area contributed by atoms with E-state index in [-0.39, 0.29) is 12.0 Å². The maximum absolute atomic E-state index is 12.6. The van der Waals surface area contributed by atoms with Gasteiger partial charge < -0.3 is 19.9 Å². The van der Waals surface area contributed by atoms with Gasteiger partial charge in [-0.3, -0.25) is 4.79 Å². The first-order valence-corrected chi connectivity index (χ1v) is 8.90. The Hall–Kier alpha value is -1.79. The number of nitrogens with one attached hydrogen (secondary N) is 1. The lowest BCUT2D eigenvalue weighted by Gasteiger charge is -2.28. The molecule has 0 radical (unpaired) electrons. The fourth-order valence-corrected chi connectivity index (χ4v) is 2.55. The Labute approximate surface area is 155 Å². The van der Waals surface area contributed by atoms with E-state index >= 15 is 0 Å². The van der Waals surface area contributed by atoms with Gasteiger partial charge in [0.25, 0.3) is 0 Å². The summed E-state index contributed by atoms with van der Waals surface area (Å²) >= 11 is 5.87. The number of hydrogen-bond acceptors (Lipinski definition) is 4. The number of amides is 2. The molecule has 0 aliphatic heterocycles. The van der Waals surface area contributed by atoms with Gasteiger partial charge in [0.1, 0.15) is 0 Å². The summed E-state index contributed by atoms with van der Waals surface area (Å²) in [6.45, 7) is 9.32. The van der Waals surface area contributed by atoms with Crippen molar-refractivity contribution in [1.82, 2.24) is 9.80 Å². The molecule has 0 aliphatic carbocycles. The molecule has 6 nitrogen and oxygen atoms in total. The highest BCUT2D eigenvalue weighted by Gasteiger charge is 2.22. The normalized spacial score (nSPS) is 11.9. The van der Waals surface area contributed by atoms with Crippen LogP contribution >= 0.6 is 11.6 Å². The van der Waals surface area contributed by atoms with Crippen LogP contribution in [0.4, 0.5) is 10.5 Å². The van der Waals surface area contributed by atoms with Crippen LogP contribution in [-0.4, -0.2) is 61.6 Å².